The lowest BCUT2D eigenvalue weighted by Crippen LogP contribution is -2.36. The number of thiocarbonyl (C=S) groups is 1. The van der Waals surface area contributed by atoms with Gasteiger partial charge < -0.3 is 4.74 Å². The molecule has 0 unspecified atom stereocenters. The van der Waals surface area contributed by atoms with Gasteiger partial charge >= 0.3 is 0 Å². The molecule has 1 fully saturated rings. The Hall–Kier alpha value is -1.33. The number of ether oxygens (including phenoxy) is 1. The summed E-state index contributed by atoms with van der Waals surface area (Å²) in [6, 6.07) is 7.76. The van der Waals surface area contributed by atoms with Crippen LogP contribution in [0.4, 0.5) is 0 Å². The predicted octanol–water partition coefficient (Wildman–Crippen LogP) is 3.69. The third-order valence-electron chi connectivity index (χ3n) is 3.28. The van der Waals surface area contributed by atoms with Gasteiger partial charge in [-0.2, -0.15) is 0 Å². The molecule has 1 saturated heterocycles. The van der Waals surface area contributed by atoms with Gasteiger partial charge in [-0.3, -0.25) is 9.69 Å². The molecule has 106 valence electrons. The monoisotopic (exact) mass is 307 g/mol. The number of amides is 1. The predicted molar refractivity (Wildman–Crippen MR) is 87.8 cm³/mol. The lowest BCUT2D eigenvalue weighted by Gasteiger charge is -2.21. The molecule has 1 aliphatic heterocycles. The number of benzene rings is 1. The minimum atomic E-state index is -0.0137. The first-order valence-corrected chi connectivity index (χ1v) is 7.71. The lowest BCUT2D eigenvalue weighted by atomic mass is 10.1. The van der Waals surface area contributed by atoms with E-state index in [-0.39, 0.29) is 11.9 Å². The summed E-state index contributed by atoms with van der Waals surface area (Å²) in [6.07, 6.45) is 2.73. The number of methoxy groups -OCH3 is 1. The van der Waals surface area contributed by atoms with Crippen LogP contribution in [0, 0.1) is 0 Å². The van der Waals surface area contributed by atoms with Gasteiger partial charge in [0.15, 0.2) is 0 Å². The van der Waals surface area contributed by atoms with Gasteiger partial charge in [-0.25, -0.2) is 0 Å². The molecule has 2 rings (SSSR count). The number of para-hydroxylation sites is 1. The molecule has 0 aliphatic carbocycles. The molecule has 5 heteroatoms. The van der Waals surface area contributed by atoms with Crippen molar-refractivity contribution in [3.05, 3.63) is 34.7 Å². The van der Waals surface area contributed by atoms with Crippen molar-refractivity contribution >= 4 is 40.3 Å². The van der Waals surface area contributed by atoms with E-state index < -0.39 is 0 Å². The van der Waals surface area contributed by atoms with E-state index in [4.69, 9.17) is 17.0 Å². The molecule has 1 aromatic rings. The van der Waals surface area contributed by atoms with Crippen molar-refractivity contribution in [3.8, 4) is 5.75 Å². The molecule has 20 heavy (non-hydrogen) atoms. The van der Waals surface area contributed by atoms with Gasteiger partial charge in [0, 0.05) is 11.6 Å². The van der Waals surface area contributed by atoms with Crippen LogP contribution in [-0.4, -0.2) is 28.3 Å². The third kappa shape index (κ3) is 2.88. The Kier molecular flexibility index (Phi) is 4.83. The van der Waals surface area contributed by atoms with Gasteiger partial charge in [-0.05, 0) is 25.5 Å². The minimum Gasteiger partial charge on any atom is -0.496 e. The van der Waals surface area contributed by atoms with Crippen LogP contribution in [-0.2, 0) is 4.79 Å². The smallest absolute Gasteiger partial charge is 0.266 e. The van der Waals surface area contributed by atoms with Gasteiger partial charge in [0.2, 0.25) is 0 Å². The van der Waals surface area contributed by atoms with E-state index in [2.05, 4.69) is 0 Å². The molecular formula is C15H17NO2S2. The first-order chi connectivity index (χ1) is 9.58. The van der Waals surface area contributed by atoms with E-state index in [0.29, 0.717) is 9.23 Å². The molecule has 0 radical (unpaired) electrons. The zero-order chi connectivity index (χ0) is 14.7. The molecular weight excluding hydrogens is 290 g/mol. The topological polar surface area (TPSA) is 29.5 Å². The van der Waals surface area contributed by atoms with E-state index in [0.717, 1.165) is 17.7 Å². The van der Waals surface area contributed by atoms with Gasteiger partial charge in [0.25, 0.3) is 5.91 Å². The van der Waals surface area contributed by atoms with E-state index in [1.165, 1.54) is 11.8 Å². The molecule has 0 N–H and O–H groups in total. The van der Waals surface area contributed by atoms with Gasteiger partial charge in [-0.15, -0.1) is 0 Å². The highest BCUT2D eigenvalue weighted by Gasteiger charge is 2.34. The normalized spacial score (nSPS) is 18.8. The van der Waals surface area contributed by atoms with Crippen molar-refractivity contribution < 1.29 is 9.53 Å². The van der Waals surface area contributed by atoms with Crippen LogP contribution in [0.3, 0.4) is 0 Å². The molecule has 1 aromatic carbocycles. The van der Waals surface area contributed by atoms with Crippen LogP contribution in [0.25, 0.3) is 6.08 Å². The van der Waals surface area contributed by atoms with Crippen LogP contribution in [0.1, 0.15) is 25.8 Å². The van der Waals surface area contributed by atoms with Crippen molar-refractivity contribution in [1.29, 1.82) is 0 Å². The second kappa shape index (κ2) is 6.41. The van der Waals surface area contributed by atoms with Gasteiger partial charge in [-0.1, -0.05) is 49.1 Å². The standard InChI is InChI=1S/C15H17NO2S2/c1-4-10(2)16-14(17)13(20-15(16)19)9-11-7-5-6-8-12(11)18-3/h5-10H,4H2,1-3H3/b13-9-/t10-/m1/s1. The van der Waals surface area contributed by atoms with E-state index in [1.54, 1.807) is 12.0 Å². The number of carbonyl (C=O) groups is 1. The zero-order valence-corrected chi connectivity index (χ0v) is 13.4. The Bertz CT molecular complexity index is 569. The summed E-state index contributed by atoms with van der Waals surface area (Å²) in [5, 5.41) is 0. The second-order valence-electron chi connectivity index (χ2n) is 4.55. The summed E-state index contributed by atoms with van der Waals surface area (Å²) in [5.74, 6) is 0.738. The van der Waals surface area contributed by atoms with E-state index >= 15 is 0 Å². The molecule has 3 nitrogen and oxygen atoms in total. The van der Waals surface area contributed by atoms with E-state index in [1.807, 2.05) is 44.2 Å². The van der Waals surface area contributed by atoms with Crippen molar-refractivity contribution in [1.82, 2.24) is 4.90 Å². The summed E-state index contributed by atoms with van der Waals surface area (Å²) in [7, 11) is 1.62. The molecule has 1 atom stereocenters. The van der Waals surface area contributed by atoms with Crippen molar-refractivity contribution in [2.45, 2.75) is 26.3 Å². The molecule has 1 aliphatic rings. The van der Waals surface area contributed by atoms with Gasteiger partial charge in [0.05, 0.1) is 12.0 Å². The van der Waals surface area contributed by atoms with Crippen LogP contribution >= 0.6 is 24.0 Å². The maximum absolute atomic E-state index is 12.4. The summed E-state index contributed by atoms with van der Waals surface area (Å²) in [5.41, 5.74) is 0.889. The number of hydrogen-bond donors (Lipinski definition) is 0. The summed E-state index contributed by atoms with van der Waals surface area (Å²) < 4.78 is 5.93. The number of nitrogens with zero attached hydrogens (tertiary/aromatic N) is 1. The third-order valence-corrected chi connectivity index (χ3v) is 4.61. The van der Waals surface area contributed by atoms with Crippen LogP contribution in [0.5, 0.6) is 5.75 Å². The fourth-order valence-corrected chi connectivity index (χ4v) is 3.42. The molecule has 0 bridgehead atoms. The average Bonchev–Trinajstić information content (AvgIpc) is 2.73. The highest BCUT2D eigenvalue weighted by molar-refractivity contribution is 8.26. The first kappa shape index (κ1) is 15.1. The first-order valence-electron chi connectivity index (χ1n) is 6.48. The highest BCUT2D eigenvalue weighted by Crippen LogP contribution is 2.35. The maximum atomic E-state index is 12.4. The van der Waals surface area contributed by atoms with Crippen LogP contribution < -0.4 is 4.74 Å². The molecule has 1 amide bonds. The fraction of sp³-hybridized carbons (Fsp3) is 0.333. The Morgan fingerprint density at radius 3 is 2.80 bits per heavy atom. The Morgan fingerprint density at radius 1 is 1.45 bits per heavy atom. The molecule has 0 saturated carbocycles. The minimum absolute atomic E-state index is 0.0137. The fourth-order valence-electron chi connectivity index (χ4n) is 1.97. The number of hydrogen-bond acceptors (Lipinski definition) is 4. The second-order valence-corrected chi connectivity index (χ2v) is 6.23. The zero-order valence-electron chi connectivity index (χ0n) is 11.8. The largest absolute Gasteiger partial charge is 0.496 e. The maximum Gasteiger partial charge on any atom is 0.266 e. The summed E-state index contributed by atoms with van der Waals surface area (Å²) >= 11 is 6.66. The molecule has 0 aromatic heterocycles. The number of rotatable bonds is 4. The van der Waals surface area contributed by atoms with Crippen molar-refractivity contribution in [2.24, 2.45) is 0 Å². The summed E-state index contributed by atoms with van der Waals surface area (Å²) in [6.45, 7) is 4.06. The lowest BCUT2D eigenvalue weighted by molar-refractivity contribution is -0.123. The molecule has 0 spiro atoms. The SMILES string of the molecule is CC[C@@H](C)N1C(=O)/C(=C/c2ccccc2OC)SC1=S. The molecule has 1 heterocycles. The number of thioether (sulfide) groups is 1. The Morgan fingerprint density at radius 2 is 2.15 bits per heavy atom. The van der Waals surface area contributed by atoms with Crippen molar-refractivity contribution in [2.75, 3.05) is 7.11 Å². The van der Waals surface area contributed by atoms with Crippen LogP contribution in [0.15, 0.2) is 29.2 Å². The van der Waals surface area contributed by atoms with Gasteiger partial charge in [0.1, 0.15) is 10.1 Å². The van der Waals surface area contributed by atoms with E-state index in [9.17, 15) is 4.79 Å². The summed E-state index contributed by atoms with van der Waals surface area (Å²) in [4.78, 5) is 14.8. The Balaban J connectivity index is 2.33. The highest BCUT2D eigenvalue weighted by atomic mass is 32.2. The Labute approximate surface area is 129 Å². The number of carbonyl (C=O) groups excluding carboxylic acids is 1. The van der Waals surface area contributed by atoms with Crippen LogP contribution in [0.2, 0.25) is 0 Å². The quantitative estimate of drug-likeness (QED) is 0.627. The average molecular weight is 307 g/mol. The van der Waals surface area contributed by atoms with Crippen molar-refractivity contribution in [3.63, 3.8) is 0 Å².